The molecule has 0 heterocycles. The summed E-state index contributed by atoms with van der Waals surface area (Å²) < 4.78 is 5.88. The van der Waals surface area contributed by atoms with Crippen LogP contribution in [0.25, 0.3) is 0 Å². The summed E-state index contributed by atoms with van der Waals surface area (Å²) in [4.78, 5) is 11.1. The molecule has 0 spiro atoms. The summed E-state index contributed by atoms with van der Waals surface area (Å²) in [6.07, 6.45) is 0. The molecule has 4 nitrogen and oxygen atoms in total. The van der Waals surface area contributed by atoms with Crippen molar-refractivity contribution in [3.05, 3.63) is 53.1 Å². The van der Waals surface area contributed by atoms with E-state index < -0.39 is 5.97 Å². The van der Waals surface area contributed by atoms with Gasteiger partial charge in [-0.05, 0) is 42.2 Å². The van der Waals surface area contributed by atoms with E-state index in [2.05, 4.69) is 13.8 Å². The Hall–Kier alpha value is -2.49. The third-order valence-corrected chi connectivity index (χ3v) is 3.31. The zero-order valence-corrected chi connectivity index (χ0v) is 12.4. The van der Waals surface area contributed by atoms with E-state index in [4.69, 9.17) is 15.6 Å². The maximum atomic E-state index is 11.1. The SMILES string of the molecule is Cc1ccc(C(C)C)c(Oc2cccc(C(=O)O)c2N)c1. The summed E-state index contributed by atoms with van der Waals surface area (Å²) in [6.45, 7) is 6.14. The molecule has 0 aliphatic carbocycles. The summed E-state index contributed by atoms with van der Waals surface area (Å²) in [5.41, 5.74) is 8.21. The van der Waals surface area contributed by atoms with Crippen LogP contribution in [-0.4, -0.2) is 11.1 Å². The van der Waals surface area contributed by atoms with Gasteiger partial charge >= 0.3 is 5.97 Å². The van der Waals surface area contributed by atoms with E-state index in [0.29, 0.717) is 17.4 Å². The first kappa shape index (κ1) is 14.9. The quantitative estimate of drug-likeness (QED) is 0.826. The van der Waals surface area contributed by atoms with Crippen molar-refractivity contribution in [1.29, 1.82) is 0 Å². The minimum atomic E-state index is -1.06. The van der Waals surface area contributed by atoms with Crippen LogP contribution < -0.4 is 10.5 Å². The Bertz CT molecular complexity index is 678. The molecule has 0 saturated heterocycles. The maximum absolute atomic E-state index is 11.1. The third-order valence-electron chi connectivity index (χ3n) is 3.31. The van der Waals surface area contributed by atoms with E-state index in [-0.39, 0.29) is 11.3 Å². The molecule has 0 unspecified atom stereocenters. The Balaban J connectivity index is 2.46. The second kappa shape index (κ2) is 5.87. The van der Waals surface area contributed by atoms with Gasteiger partial charge in [0.15, 0.2) is 5.75 Å². The molecule has 0 atom stereocenters. The molecule has 21 heavy (non-hydrogen) atoms. The summed E-state index contributed by atoms with van der Waals surface area (Å²) in [5, 5.41) is 9.11. The number of nitrogens with two attached hydrogens (primary N) is 1. The van der Waals surface area contributed by atoms with Gasteiger partial charge in [-0.15, -0.1) is 0 Å². The second-order valence-corrected chi connectivity index (χ2v) is 5.32. The summed E-state index contributed by atoms with van der Waals surface area (Å²) in [6, 6.07) is 10.7. The lowest BCUT2D eigenvalue weighted by atomic mass is 10.0. The highest BCUT2D eigenvalue weighted by atomic mass is 16.5. The molecular formula is C17H19NO3. The normalized spacial score (nSPS) is 10.7. The van der Waals surface area contributed by atoms with E-state index in [1.54, 1.807) is 12.1 Å². The van der Waals surface area contributed by atoms with Gasteiger partial charge in [-0.25, -0.2) is 4.79 Å². The van der Waals surface area contributed by atoms with Crippen LogP contribution in [0.5, 0.6) is 11.5 Å². The van der Waals surface area contributed by atoms with Crippen molar-refractivity contribution in [2.75, 3.05) is 5.73 Å². The highest BCUT2D eigenvalue weighted by Gasteiger charge is 2.15. The number of hydrogen-bond donors (Lipinski definition) is 2. The first-order valence-corrected chi connectivity index (χ1v) is 6.80. The molecule has 4 heteroatoms. The number of aryl methyl sites for hydroxylation is 1. The number of benzene rings is 2. The molecule has 2 rings (SSSR count). The molecular weight excluding hydrogens is 266 g/mol. The van der Waals surface area contributed by atoms with Crippen molar-refractivity contribution in [2.24, 2.45) is 0 Å². The molecule has 2 aromatic carbocycles. The number of carboxylic acid groups (broad SMARTS) is 1. The third kappa shape index (κ3) is 3.16. The highest BCUT2D eigenvalue weighted by molar-refractivity contribution is 5.95. The molecule has 0 aliphatic heterocycles. The minimum Gasteiger partial charge on any atom is -0.478 e. The number of carbonyl (C=O) groups is 1. The van der Waals surface area contributed by atoms with Crippen LogP contribution in [0, 0.1) is 6.92 Å². The van der Waals surface area contributed by atoms with Crippen molar-refractivity contribution in [1.82, 2.24) is 0 Å². The predicted molar refractivity (Wildman–Crippen MR) is 83.2 cm³/mol. The Morgan fingerprint density at radius 3 is 2.52 bits per heavy atom. The first-order valence-electron chi connectivity index (χ1n) is 6.80. The predicted octanol–water partition coefficient (Wildman–Crippen LogP) is 4.19. The Labute approximate surface area is 124 Å². The molecule has 0 aromatic heterocycles. The summed E-state index contributed by atoms with van der Waals surface area (Å²) >= 11 is 0. The summed E-state index contributed by atoms with van der Waals surface area (Å²) in [5.74, 6) is 0.303. The number of carboxylic acids is 1. The van der Waals surface area contributed by atoms with Crippen molar-refractivity contribution >= 4 is 11.7 Å². The minimum absolute atomic E-state index is 0.0475. The molecule has 0 aliphatic rings. The zero-order valence-electron chi connectivity index (χ0n) is 12.4. The fourth-order valence-corrected chi connectivity index (χ4v) is 2.14. The standard InChI is InChI=1S/C17H19NO3/c1-10(2)12-8-7-11(3)9-15(12)21-14-6-4-5-13(16(14)18)17(19)20/h4-10H,18H2,1-3H3,(H,19,20). The number of para-hydroxylation sites is 1. The van der Waals surface area contributed by atoms with Crippen molar-refractivity contribution in [2.45, 2.75) is 26.7 Å². The van der Waals surface area contributed by atoms with Crippen LogP contribution in [0.1, 0.15) is 41.3 Å². The molecule has 0 fully saturated rings. The molecule has 0 amide bonds. The highest BCUT2D eigenvalue weighted by Crippen LogP contribution is 2.35. The fourth-order valence-electron chi connectivity index (χ4n) is 2.14. The Morgan fingerprint density at radius 1 is 1.19 bits per heavy atom. The van der Waals surface area contributed by atoms with Crippen LogP contribution in [0.2, 0.25) is 0 Å². The monoisotopic (exact) mass is 285 g/mol. The fraction of sp³-hybridized carbons (Fsp3) is 0.235. The van der Waals surface area contributed by atoms with Gasteiger partial charge in [0.05, 0.1) is 11.3 Å². The van der Waals surface area contributed by atoms with Gasteiger partial charge in [0.25, 0.3) is 0 Å². The molecule has 3 N–H and O–H groups in total. The number of hydrogen-bond acceptors (Lipinski definition) is 3. The average Bonchev–Trinajstić information content (AvgIpc) is 2.40. The van der Waals surface area contributed by atoms with Gasteiger partial charge in [0.2, 0.25) is 0 Å². The van der Waals surface area contributed by atoms with Crippen LogP contribution in [-0.2, 0) is 0 Å². The molecule has 0 bridgehead atoms. The van der Waals surface area contributed by atoms with Gasteiger partial charge < -0.3 is 15.6 Å². The zero-order chi connectivity index (χ0) is 15.6. The number of ether oxygens (including phenoxy) is 1. The number of anilines is 1. The van der Waals surface area contributed by atoms with Crippen LogP contribution in [0.3, 0.4) is 0 Å². The molecule has 0 radical (unpaired) electrons. The Kier molecular flexibility index (Phi) is 4.17. The number of aromatic carboxylic acids is 1. The lowest BCUT2D eigenvalue weighted by Gasteiger charge is -2.16. The van der Waals surface area contributed by atoms with Crippen LogP contribution >= 0.6 is 0 Å². The van der Waals surface area contributed by atoms with Crippen LogP contribution in [0.15, 0.2) is 36.4 Å². The smallest absolute Gasteiger partial charge is 0.337 e. The van der Waals surface area contributed by atoms with Crippen molar-refractivity contribution in [3.8, 4) is 11.5 Å². The topological polar surface area (TPSA) is 72.5 Å². The van der Waals surface area contributed by atoms with E-state index in [1.807, 2.05) is 25.1 Å². The van der Waals surface area contributed by atoms with Crippen LogP contribution in [0.4, 0.5) is 5.69 Å². The second-order valence-electron chi connectivity index (χ2n) is 5.32. The van der Waals surface area contributed by atoms with Gasteiger partial charge in [-0.2, -0.15) is 0 Å². The molecule has 110 valence electrons. The maximum Gasteiger partial charge on any atom is 0.337 e. The van der Waals surface area contributed by atoms with E-state index in [1.165, 1.54) is 6.07 Å². The summed E-state index contributed by atoms with van der Waals surface area (Å²) in [7, 11) is 0. The van der Waals surface area contributed by atoms with Gasteiger partial charge in [0, 0.05) is 0 Å². The largest absolute Gasteiger partial charge is 0.478 e. The van der Waals surface area contributed by atoms with Gasteiger partial charge in [-0.3, -0.25) is 0 Å². The lowest BCUT2D eigenvalue weighted by molar-refractivity contribution is 0.0697. The van der Waals surface area contributed by atoms with Gasteiger partial charge in [0.1, 0.15) is 5.75 Å². The Morgan fingerprint density at radius 2 is 1.90 bits per heavy atom. The molecule has 2 aromatic rings. The van der Waals surface area contributed by atoms with E-state index in [9.17, 15) is 4.79 Å². The van der Waals surface area contributed by atoms with Crippen molar-refractivity contribution < 1.29 is 14.6 Å². The molecule has 0 saturated carbocycles. The van der Waals surface area contributed by atoms with E-state index >= 15 is 0 Å². The lowest BCUT2D eigenvalue weighted by Crippen LogP contribution is -2.04. The van der Waals surface area contributed by atoms with E-state index in [0.717, 1.165) is 11.1 Å². The number of nitrogen functional groups attached to an aromatic ring is 1. The number of rotatable bonds is 4. The van der Waals surface area contributed by atoms with Gasteiger partial charge in [-0.1, -0.05) is 32.0 Å². The average molecular weight is 285 g/mol. The van der Waals surface area contributed by atoms with Crippen molar-refractivity contribution in [3.63, 3.8) is 0 Å². The first-order chi connectivity index (χ1) is 9.90.